The lowest BCUT2D eigenvalue weighted by Gasteiger charge is -2.21. The molecule has 0 radical (unpaired) electrons. The summed E-state index contributed by atoms with van der Waals surface area (Å²) in [7, 11) is -1.52. The van der Waals surface area contributed by atoms with Crippen molar-refractivity contribution in [3.05, 3.63) is 41.6 Å². The van der Waals surface area contributed by atoms with Crippen LogP contribution in [0.3, 0.4) is 0 Å². The van der Waals surface area contributed by atoms with Crippen LogP contribution in [0.4, 0.5) is 0 Å². The number of ether oxygens (including phenoxy) is 1. The molecule has 0 aliphatic carbocycles. The molecule has 1 amide bonds. The van der Waals surface area contributed by atoms with Crippen molar-refractivity contribution in [2.24, 2.45) is 0 Å². The minimum Gasteiger partial charge on any atom is -0.497 e. The van der Waals surface area contributed by atoms with Crippen LogP contribution < -0.4 is 10.1 Å². The number of aromatic nitrogens is 3. The van der Waals surface area contributed by atoms with E-state index in [9.17, 15) is 13.2 Å². The summed E-state index contributed by atoms with van der Waals surface area (Å²) < 4.78 is 31.3. The number of carbonyl (C=O) groups is 1. The highest BCUT2D eigenvalue weighted by atomic mass is 32.2. The third-order valence-electron chi connectivity index (χ3n) is 5.49. The second kappa shape index (κ2) is 7.88. The minimum atomic E-state index is -3.11. The van der Waals surface area contributed by atoms with E-state index in [0.29, 0.717) is 40.2 Å². The Morgan fingerprint density at radius 3 is 2.62 bits per heavy atom. The fourth-order valence-corrected chi connectivity index (χ4v) is 5.75. The third kappa shape index (κ3) is 4.34. The number of aryl methyl sites for hydroxylation is 1. The summed E-state index contributed by atoms with van der Waals surface area (Å²) in [6.45, 7) is 7.59. The van der Waals surface area contributed by atoms with Crippen LogP contribution in [-0.4, -0.2) is 53.2 Å². The molecule has 1 aromatic carbocycles. The van der Waals surface area contributed by atoms with Gasteiger partial charge in [-0.2, -0.15) is 5.10 Å². The maximum Gasteiger partial charge on any atom is 0.252 e. The number of nitrogens with one attached hydrogen (secondary N) is 1. The largest absolute Gasteiger partial charge is 0.497 e. The lowest BCUT2D eigenvalue weighted by Crippen LogP contribution is -2.40. The molecule has 2 aromatic heterocycles. The van der Waals surface area contributed by atoms with Crippen molar-refractivity contribution >= 4 is 26.8 Å². The predicted octanol–water partition coefficient (Wildman–Crippen LogP) is 3.30. The Kier molecular flexibility index (Phi) is 5.48. The number of nitrogens with zero attached hydrogens (tertiary/aromatic N) is 3. The lowest BCUT2D eigenvalue weighted by atomic mass is 10.0. The Hall–Kier alpha value is -2.94. The van der Waals surface area contributed by atoms with Crippen LogP contribution in [0.2, 0.25) is 0 Å². The lowest BCUT2D eigenvalue weighted by molar-refractivity contribution is 0.0921. The summed E-state index contributed by atoms with van der Waals surface area (Å²) in [6.07, 6.45) is 0.479. The van der Waals surface area contributed by atoms with Gasteiger partial charge in [-0.1, -0.05) is 12.1 Å². The first-order valence-corrected chi connectivity index (χ1v) is 12.4. The number of hydrogen-bond donors (Lipinski definition) is 1. The van der Waals surface area contributed by atoms with E-state index in [-0.39, 0.29) is 23.5 Å². The van der Waals surface area contributed by atoms with E-state index in [1.54, 1.807) is 17.9 Å². The van der Waals surface area contributed by atoms with Gasteiger partial charge in [-0.3, -0.25) is 4.79 Å². The van der Waals surface area contributed by atoms with Crippen molar-refractivity contribution < 1.29 is 17.9 Å². The van der Waals surface area contributed by atoms with Crippen LogP contribution in [0, 0.1) is 6.92 Å². The Labute approximate surface area is 187 Å². The number of carbonyl (C=O) groups excluding carboxylic acids is 1. The van der Waals surface area contributed by atoms with Crippen molar-refractivity contribution in [2.45, 2.75) is 45.7 Å². The first-order valence-electron chi connectivity index (χ1n) is 10.5. The van der Waals surface area contributed by atoms with Gasteiger partial charge in [0.2, 0.25) is 0 Å². The molecule has 170 valence electrons. The van der Waals surface area contributed by atoms with E-state index >= 15 is 0 Å². The summed E-state index contributed by atoms with van der Waals surface area (Å²) >= 11 is 0. The van der Waals surface area contributed by atoms with Gasteiger partial charge in [0.15, 0.2) is 15.5 Å². The molecule has 0 spiro atoms. The minimum absolute atomic E-state index is 0.0256. The van der Waals surface area contributed by atoms with E-state index in [4.69, 9.17) is 9.72 Å². The summed E-state index contributed by atoms with van der Waals surface area (Å²) in [4.78, 5) is 18.1. The molecule has 1 aliphatic heterocycles. The number of methoxy groups -OCH3 is 1. The van der Waals surface area contributed by atoms with Crippen molar-refractivity contribution in [2.75, 3.05) is 18.6 Å². The van der Waals surface area contributed by atoms with Crippen LogP contribution in [0.15, 0.2) is 30.3 Å². The van der Waals surface area contributed by atoms with Crippen molar-refractivity contribution in [3.63, 3.8) is 0 Å². The SMILES string of the molecule is COc1cccc(-c2cc(C(=O)NC(C)(C)C)c3c(C)nn(C4CCS(=O)(=O)C4)c3n2)c1. The molecular weight excluding hydrogens is 428 g/mol. The number of fused-ring (bicyclic) bond motifs is 1. The maximum atomic E-state index is 13.3. The van der Waals surface area contributed by atoms with Crippen LogP contribution in [0.5, 0.6) is 5.75 Å². The summed E-state index contributed by atoms with van der Waals surface area (Å²) in [5.41, 5.74) is 2.59. The topological polar surface area (TPSA) is 103 Å². The molecule has 1 atom stereocenters. The fraction of sp³-hybridized carbons (Fsp3) is 0.435. The molecule has 1 saturated heterocycles. The van der Waals surface area contributed by atoms with E-state index in [0.717, 1.165) is 5.56 Å². The van der Waals surface area contributed by atoms with Crippen molar-refractivity contribution in [3.8, 4) is 17.0 Å². The standard InChI is InChI=1S/C23H28N4O4S/c1-14-20-18(22(28)25-23(2,3)4)12-19(15-7-6-8-17(11-15)31-5)24-21(20)27(26-14)16-9-10-32(29,30)13-16/h6-8,11-12,16H,9-10,13H2,1-5H3,(H,25,28). The molecule has 32 heavy (non-hydrogen) atoms. The summed E-state index contributed by atoms with van der Waals surface area (Å²) in [5.74, 6) is 0.607. The quantitative estimate of drug-likeness (QED) is 0.646. The Balaban J connectivity index is 1.95. The molecule has 1 N–H and O–H groups in total. The predicted molar refractivity (Wildman–Crippen MR) is 124 cm³/mol. The second-order valence-electron chi connectivity index (χ2n) is 9.28. The van der Waals surface area contributed by atoms with Gasteiger partial charge in [-0.05, 0) is 52.3 Å². The zero-order valence-electron chi connectivity index (χ0n) is 19.0. The molecule has 3 heterocycles. The van der Waals surface area contributed by atoms with Crippen LogP contribution in [-0.2, 0) is 9.84 Å². The molecular formula is C23H28N4O4S. The van der Waals surface area contributed by atoms with E-state index in [1.165, 1.54) is 0 Å². The van der Waals surface area contributed by atoms with E-state index in [1.807, 2.05) is 52.0 Å². The van der Waals surface area contributed by atoms with Gasteiger partial charge in [-0.15, -0.1) is 0 Å². The number of hydrogen-bond acceptors (Lipinski definition) is 6. The first kappa shape index (κ1) is 22.3. The Morgan fingerprint density at radius 2 is 2.00 bits per heavy atom. The molecule has 0 bridgehead atoms. The van der Waals surface area contributed by atoms with E-state index in [2.05, 4.69) is 10.4 Å². The number of amides is 1. The molecule has 1 aliphatic rings. The van der Waals surface area contributed by atoms with Gasteiger partial charge in [0.1, 0.15) is 5.75 Å². The van der Waals surface area contributed by atoms with Gasteiger partial charge in [0, 0.05) is 11.1 Å². The fourth-order valence-electron chi connectivity index (χ4n) is 4.05. The van der Waals surface area contributed by atoms with Crippen molar-refractivity contribution in [1.29, 1.82) is 0 Å². The summed E-state index contributed by atoms with van der Waals surface area (Å²) in [5, 5.41) is 8.30. The Bertz CT molecular complexity index is 1310. The van der Waals surface area contributed by atoms with Crippen LogP contribution >= 0.6 is 0 Å². The molecule has 1 unspecified atom stereocenters. The third-order valence-corrected chi connectivity index (χ3v) is 7.24. The van der Waals surface area contributed by atoms with Crippen LogP contribution in [0.1, 0.15) is 49.3 Å². The number of sulfone groups is 1. The zero-order chi connectivity index (χ0) is 23.3. The molecule has 1 fully saturated rings. The highest BCUT2D eigenvalue weighted by molar-refractivity contribution is 7.91. The number of rotatable bonds is 4. The average Bonchev–Trinajstić information content (AvgIpc) is 3.25. The average molecular weight is 457 g/mol. The Morgan fingerprint density at radius 1 is 1.25 bits per heavy atom. The highest BCUT2D eigenvalue weighted by Crippen LogP contribution is 2.33. The van der Waals surface area contributed by atoms with Gasteiger partial charge in [0.25, 0.3) is 5.91 Å². The van der Waals surface area contributed by atoms with Gasteiger partial charge in [-0.25, -0.2) is 18.1 Å². The normalized spacial score (nSPS) is 18.1. The number of pyridine rings is 1. The smallest absolute Gasteiger partial charge is 0.252 e. The van der Waals surface area contributed by atoms with E-state index < -0.39 is 15.4 Å². The number of benzene rings is 1. The molecule has 4 rings (SSSR count). The highest BCUT2D eigenvalue weighted by Gasteiger charge is 2.32. The second-order valence-corrected chi connectivity index (χ2v) is 11.5. The van der Waals surface area contributed by atoms with Crippen LogP contribution in [0.25, 0.3) is 22.3 Å². The monoisotopic (exact) mass is 456 g/mol. The molecule has 3 aromatic rings. The van der Waals surface area contributed by atoms with Gasteiger partial charge in [0.05, 0.1) is 47.0 Å². The van der Waals surface area contributed by atoms with Gasteiger partial charge >= 0.3 is 0 Å². The molecule has 9 heteroatoms. The molecule has 8 nitrogen and oxygen atoms in total. The molecule has 0 saturated carbocycles. The first-order chi connectivity index (χ1) is 15.0. The summed E-state index contributed by atoms with van der Waals surface area (Å²) in [6, 6.07) is 8.92. The maximum absolute atomic E-state index is 13.3. The van der Waals surface area contributed by atoms with Crippen molar-refractivity contribution in [1.82, 2.24) is 20.1 Å². The van der Waals surface area contributed by atoms with Gasteiger partial charge < -0.3 is 10.1 Å². The zero-order valence-corrected chi connectivity index (χ0v) is 19.8.